The predicted molar refractivity (Wildman–Crippen MR) is 217 cm³/mol. The molecule has 2 saturated heterocycles. The predicted octanol–water partition coefficient (Wildman–Crippen LogP) is 5.95. The van der Waals surface area contributed by atoms with Crippen molar-refractivity contribution in [2.75, 3.05) is 26.8 Å². The van der Waals surface area contributed by atoms with E-state index in [1.54, 1.807) is 25.7 Å². The van der Waals surface area contributed by atoms with Gasteiger partial charge in [-0.25, -0.2) is 9.59 Å². The number of ether oxygens (including phenoxy) is 3. The molecule has 1 unspecified atom stereocenters. The summed E-state index contributed by atoms with van der Waals surface area (Å²) in [4.78, 5) is 68.1. The average molecular weight is 800 g/mol. The average Bonchev–Trinajstić information content (AvgIpc) is 3.60. The first-order chi connectivity index (χ1) is 26.6. The number of carbonyl (C=O) groups excluding carboxylic acids is 5. The van der Waals surface area contributed by atoms with Gasteiger partial charge < -0.3 is 45.1 Å². The van der Waals surface area contributed by atoms with Crippen LogP contribution in [0.25, 0.3) is 0 Å². The molecule has 2 aliphatic heterocycles. The molecule has 2 fully saturated rings. The van der Waals surface area contributed by atoms with Crippen molar-refractivity contribution in [1.29, 1.82) is 0 Å². The van der Waals surface area contributed by atoms with Gasteiger partial charge in [0.25, 0.3) is 0 Å². The van der Waals surface area contributed by atoms with Gasteiger partial charge in [-0.05, 0) is 98.5 Å². The summed E-state index contributed by atoms with van der Waals surface area (Å²) in [6.07, 6.45) is 6.26. The van der Waals surface area contributed by atoms with Crippen molar-refractivity contribution in [3.8, 4) is 0 Å². The number of aldehydes is 1. The summed E-state index contributed by atoms with van der Waals surface area (Å²) in [6.45, 7) is 17.5. The molecule has 14 heteroatoms. The van der Waals surface area contributed by atoms with E-state index in [1.807, 2.05) is 70.2 Å². The molecular formula is C43H69N5O9. The van der Waals surface area contributed by atoms with Crippen LogP contribution in [-0.4, -0.2) is 113 Å². The van der Waals surface area contributed by atoms with Gasteiger partial charge in [-0.1, -0.05) is 56.3 Å². The van der Waals surface area contributed by atoms with E-state index < -0.39 is 58.4 Å². The molecule has 0 saturated carbocycles. The fourth-order valence-corrected chi connectivity index (χ4v) is 7.97. The van der Waals surface area contributed by atoms with Crippen molar-refractivity contribution in [3.05, 3.63) is 48.0 Å². The lowest BCUT2D eigenvalue weighted by atomic mass is 9.80. The Morgan fingerprint density at radius 1 is 1.00 bits per heavy atom. The number of alkyl carbamates (subject to hydrolysis) is 2. The van der Waals surface area contributed by atoms with Gasteiger partial charge in [0.15, 0.2) is 0 Å². The number of hydrogen-bond donors (Lipinski definition) is 4. The molecule has 1 aromatic carbocycles. The second-order valence-electron chi connectivity index (χ2n) is 18.4. The first-order valence-electron chi connectivity index (χ1n) is 20.3. The molecular weight excluding hydrogens is 730 g/mol. The fourth-order valence-electron chi connectivity index (χ4n) is 7.97. The zero-order valence-corrected chi connectivity index (χ0v) is 35.9. The Balaban J connectivity index is 1.71. The molecule has 57 heavy (non-hydrogen) atoms. The van der Waals surface area contributed by atoms with E-state index in [0.29, 0.717) is 57.8 Å². The van der Waals surface area contributed by atoms with Gasteiger partial charge >= 0.3 is 12.2 Å². The van der Waals surface area contributed by atoms with E-state index in [4.69, 9.17) is 14.2 Å². The Labute approximate surface area is 339 Å². The van der Waals surface area contributed by atoms with Crippen LogP contribution in [0, 0.1) is 11.8 Å². The Morgan fingerprint density at radius 3 is 2.23 bits per heavy atom. The zero-order valence-electron chi connectivity index (χ0n) is 35.9. The highest BCUT2D eigenvalue weighted by Crippen LogP contribution is 2.38. The van der Waals surface area contributed by atoms with Gasteiger partial charge in [0, 0.05) is 44.1 Å². The Morgan fingerprint density at radius 2 is 1.65 bits per heavy atom. The third-order valence-electron chi connectivity index (χ3n) is 10.4. The molecule has 2 aliphatic rings. The van der Waals surface area contributed by atoms with Crippen molar-refractivity contribution < 1.29 is 43.4 Å². The van der Waals surface area contributed by atoms with Gasteiger partial charge in [-0.15, -0.1) is 0 Å². The highest BCUT2D eigenvalue weighted by molar-refractivity contribution is 5.91. The Hall–Kier alpha value is -4.01. The van der Waals surface area contributed by atoms with E-state index in [1.165, 1.54) is 12.2 Å². The van der Waals surface area contributed by atoms with Gasteiger partial charge in [-0.2, -0.15) is 5.06 Å². The third kappa shape index (κ3) is 14.7. The topological polar surface area (TPSA) is 176 Å². The van der Waals surface area contributed by atoms with Crippen LogP contribution in [0.4, 0.5) is 9.59 Å². The van der Waals surface area contributed by atoms with Crippen molar-refractivity contribution in [1.82, 2.24) is 25.9 Å². The van der Waals surface area contributed by atoms with Crippen LogP contribution in [0.2, 0.25) is 0 Å². The van der Waals surface area contributed by atoms with E-state index >= 15 is 0 Å². The summed E-state index contributed by atoms with van der Waals surface area (Å²) >= 11 is 0. The molecule has 4 atom stereocenters. The molecule has 0 aliphatic carbocycles. The monoisotopic (exact) mass is 800 g/mol. The minimum atomic E-state index is -1.39. The highest BCUT2D eigenvalue weighted by atomic mass is 16.6. The number of methoxy groups -OCH3 is 1. The van der Waals surface area contributed by atoms with Gasteiger partial charge in [-0.3, -0.25) is 9.59 Å². The van der Waals surface area contributed by atoms with E-state index in [9.17, 15) is 29.2 Å². The van der Waals surface area contributed by atoms with Gasteiger partial charge in [0.2, 0.25) is 11.8 Å². The fraction of sp³-hybridized carbons (Fsp3) is 0.698. The van der Waals surface area contributed by atoms with Crippen LogP contribution in [-0.2, 0) is 35.0 Å². The first kappa shape index (κ1) is 47.4. The van der Waals surface area contributed by atoms with E-state index in [2.05, 4.69) is 29.8 Å². The SMILES string of the molecule is COCC(C=O)(CCCNC(=O)OC1CC(C)(C)N(O)C(C)(C)C1)NC(=O)[C@@H]1CCCN1C(=O)[C@H](/C=C/[C@H](CC(C)C)NC(=O)OC(C)(C)C)Cc1ccccc1. The lowest BCUT2D eigenvalue weighted by molar-refractivity contribution is -0.256. The molecule has 0 radical (unpaired) electrons. The maximum atomic E-state index is 14.4. The number of benzene rings is 1. The zero-order chi connectivity index (χ0) is 42.6. The number of piperidine rings is 1. The highest BCUT2D eigenvalue weighted by Gasteiger charge is 2.46. The second-order valence-corrected chi connectivity index (χ2v) is 18.4. The van der Waals surface area contributed by atoms with Crippen molar-refractivity contribution in [3.63, 3.8) is 0 Å². The molecule has 3 rings (SSSR count). The van der Waals surface area contributed by atoms with Crippen molar-refractivity contribution >= 4 is 30.3 Å². The molecule has 320 valence electrons. The molecule has 2 heterocycles. The number of carbonyl (C=O) groups is 5. The summed E-state index contributed by atoms with van der Waals surface area (Å²) < 4.78 is 16.6. The maximum Gasteiger partial charge on any atom is 0.408 e. The van der Waals surface area contributed by atoms with Crippen molar-refractivity contribution in [2.45, 2.75) is 154 Å². The Bertz CT molecular complexity index is 1510. The molecule has 14 nitrogen and oxygen atoms in total. The second kappa shape index (κ2) is 20.6. The summed E-state index contributed by atoms with van der Waals surface area (Å²) in [5.74, 6) is -1.07. The van der Waals surface area contributed by atoms with Crippen LogP contribution in [0.15, 0.2) is 42.5 Å². The third-order valence-corrected chi connectivity index (χ3v) is 10.4. The van der Waals surface area contributed by atoms with Crippen LogP contribution in [0.3, 0.4) is 0 Å². The van der Waals surface area contributed by atoms with Crippen LogP contribution in [0.5, 0.6) is 0 Å². The first-order valence-corrected chi connectivity index (χ1v) is 20.3. The normalized spacial score (nSPS) is 20.7. The molecule has 0 bridgehead atoms. The number of nitrogens with one attached hydrogen (secondary N) is 3. The number of hydrogen-bond acceptors (Lipinski definition) is 10. The quantitative estimate of drug-likeness (QED) is 0.0789. The van der Waals surface area contributed by atoms with Crippen LogP contribution < -0.4 is 16.0 Å². The number of hydroxylamine groups is 2. The van der Waals surface area contributed by atoms with Gasteiger partial charge in [0.1, 0.15) is 29.6 Å². The lowest BCUT2D eigenvalue weighted by Gasteiger charge is -2.50. The molecule has 0 aromatic heterocycles. The standard InChI is InChI=1S/C43H69N5O9/c1-30(2)24-33(45-39(53)57-40(3,4)5)20-19-32(25-31-16-12-11-13-17-31)37(51)47-23-14-18-35(47)36(50)46-43(28-49,29-55-10)21-15-22-44-38(52)56-34-26-41(6,7)48(54)42(8,9)27-34/h11-13,16-17,19-20,28,30,32-35,54H,14-15,18,21-27,29H2,1-10H3,(H,44,52)(H,45,53)(H,46,50)/b20-19+/t32-,33-,35+,43?/m1/s1. The van der Waals surface area contributed by atoms with Crippen LogP contribution >= 0.6 is 0 Å². The molecule has 0 spiro atoms. The largest absolute Gasteiger partial charge is 0.446 e. The minimum absolute atomic E-state index is 0.0987. The summed E-state index contributed by atoms with van der Waals surface area (Å²) in [5, 5.41) is 20.5. The number of amides is 4. The van der Waals surface area contributed by atoms with E-state index in [-0.39, 0.29) is 37.4 Å². The lowest BCUT2D eigenvalue weighted by Crippen LogP contribution is -2.61. The number of rotatable bonds is 18. The Kier molecular flexibility index (Phi) is 17.1. The van der Waals surface area contributed by atoms with E-state index in [0.717, 1.165) is 5.56 Å². The number of nitrogens with zero attached hydrogens (tertiary/aromatic N) is 2. The molecule has 4 N–H and O–H groups in total. The molecule has 4 amide bonds. The summed E-state index contributed by atoms with van der Waals surface area (Å²) in [5.41, 5.74) is -2.27. The smallest absolute Gasteiger partial charge is 0.408 e. The summed E-state index contributed by atoms with van der Waals surface area (Å²) in [7, 11) is 1.44. The van der Waals surface area contributed by atoms with Crippen molar-refractivity contribution in [2.24, 2.45) is 11.8 Å². The summed E-state index contributed by atoms with van der Waals surface area (Å²) in [6, 6.07) is 8.44. The minimum Gasteiger partial charge on any atom is -0.446 e. The number of likely N-dealkylation sites (tertiary alicyclic amines) is 1. The van der Waals surface area contributed by atoms with Crippen LogP contribution in [0.1, 0.15) is 113 Å². The molecule has 1 aromatic rings. The van der Waals surface area contributed by atoms with Gasteiger partial charge in [0.05, 0.1) is 18.6 Å². The maximum absolute atomic E-state index is 14.4.